The van der Waals surface area contributed by atoms with Crippen LogP contribution in [0.5, 0.6) is 0 Å². The van der Waals surface area contributed by atoms with Crippen LogP contribution < -0.4 is 0 Å². The molecule has 3 heterocycles. The van der Waals surface area contributed by atoms with Gasteiger partial charge in [0.25, 0.3) is 0 Å². The molecular weight excluding hydrogens is 246 g/mol. The summed E-state index contributed by atoms with van der Waals surface area (Å²) in [5.41, 5.74) is 0. The standard InChI is InChI=1S/C12H19N5O2/c1-15-8-13-14-11(15)5-17-3-9-6-19-7-10(4-17)16(2)12(9)18/h8-10H,3-7H2,1-2H3/t9-,10+/m1/s1. The summed E-state index contributed by atoms with van der Waals surface area (Å²) in [4.78, 5) is 16.4. The van der Waals surface area contributed by atoms with Gasteiger partial charge >= 0.3 is 0 Å². The van der Waals surface area contributed by atoms with E-state index in [1.54, 1.807) is 6.33 Å². The number of likely N-dealkylation sites (N-methyl/N-ethyl adjacent to an activating group) is 1. The molecule has 104 valence electrons. The zero-order valence-electron chi connectivity index (χ0n) is 11.3. The molecule has 7 nitrogen and oxygen atoms in total. The van der Waals surface area contributed by atoms with Gasteiger partial charge in [-0.05, 0) is 0 Å². The Morgan fingerprint density at radius 1 is 1.37 bits per heavy atom. The van der Waals surface area contributed by atoms with Gasteiger partial charge in [0.1, 0.15) is 12.2 Å². The Kier molecular flexibility index (Phi) is 3.24. The fraction of sp³-hybridized carbons (Fsp3) is 0.750. The lowest BCUT2D eigenvalue weighted by molar-refractivity contribution is -0.133. The highest BCUT2D eigenvalue weighted by molar-refractivity contribution is 5.79. The van der Waals surface area contributed by atoms with Gasteiger partial charge in [-0.15, -0.1) is 10.2 Å². The Morgan fingerprint density at radius 2 is 2.21 bits per heavy atom. The summed E-state index contributed by atoms with van der Waals surface area (Å²) in [6.07, 6.45) is 1.70. The number of nitrogens with zero attached hydrogens (tertiary/aromatic N) is 5. The Bertz CT molecular complexity index is 474. The fourth-order valence-corrected chi connectivity index (χ4v) is 2.77. The van der Waals surface area contributed by atoms with Crippen molar-refractivity contribution in [2.24, 2.45) is 13.0 Å². The summed E-state index contributed by atoms with van der Waals surface area (Å²) in [6, 6.07) is 0.133. The second-order valence-electron chi connectivity index (χ2n) is 5.39. The molecule has 7 heteroatoms. The molecule has 19 heavy (non-hydrogen) atoms. The van der Waals surface area contributed by atoms with Gasteiger partial charge in [-0.3, -0.25) is 9.69 Å². The maximum absolute atomic E-state index is 12.2. The highest BCUT2D eigenvalue weighted by Gasteiger charge is 2.37. The van der Waals surface area contributed by atoms with Crippen molar-refractivity contribution < 1.29 is 9.53 Å². The first-order valence-electron chi connectivity index (χ1n) is 6.55. The molecule has 1 aromatic heterocycles. The third kappa shape index (κ3) is 2.35. The molecule has 2 saturated heterocycles. The molecule has 1 aromatic rings. The highest BCUT2D eigenvalue weighted by Crippen LogP contribution is 2.20. The summed E-state index contributed by atoms with van der Waals surface area (Å²) in [7, 11) is 3.81. The lowest BCUT2D eigenvalue weighted by Crippen LogP contribution is -2.43. The van der Waals surface area contributed by atoms with Crippen LogP contribution in [-0.4, -0.2) is 69.9 Å². The normalized spacial score (nSPS) is 28.5. The van der Waals surface area contributed by atoms with Crippen LogP contribution in [0.1, 0.15) is 5.82 Å². The molecular formula is C12H19N5O2. The number of amides is 1. The average molecular weight is 265 g/mol. The third-order valence-electron chi connectivity index (χ3n) is 3.99. The number of aromatic nitrogens is 3. The molecule has 2 aliphatic heterocycles. The zero-order chi connectivity index (χ0) is 13.4. The third-order valence-corrected chi connectivity index (χ3v) is 3.99. The van der Waals surface area contributed by atoms with Gasteiger partial charge in [0.05, 0.1) is 31.7 Å². The number of aryl methyl sites for hydroxylation is 1. The van der Waals surface area contributed by atoms with Crippen molar-refractivity contribution in [1.82, 2.24) is 24.6 Å². The summed E-state index contributed by atoms with van der Waals surface area (Å²) in [6.45, 7) is 3.42. The van der Waals surface area contributed by atoms with Gasteiger partial charge in [-0.1, -0.05) is 0 Å². The Hall–Kier alpha value is -1.47. The van der Waals surface area contributed by atoms with Crippen LogP contribution in [-0.2, 0) is 23.1 Å². The van der Waals surface area contributed by atoms with Crippen molar-refractivity contribution in [2.45, 2.75) is 12.6 Å². The van der Waals surface area contributed by atoms with E-state index in [1.807, 2.05) is 23.6 Å². The zero-order valence-corrected chi connectivity index (χ0v) is 11.3. The van der Waals surface area contributed by atoms with Gasteiger partial charge in [-0.25, -0.2) is 0 Å². The number of hydrogen-bond acceptors (Lipinski definition) is 5. The smallest absolute Gasteiger partial charge is 0.229 e. The predicted octanol–water partition coefficient (Wildman–Crippen LogP) is -0.896. The quantitative estimate of drug-likeness (QED) is 0.694. The minimum Gasteiger partial charge on any atom is -0.378 e. The maximum Gasteiger partial charge on any atom is 0.229 e. The number of hydrogen-bond donors (Lipinski definition) is 0. The van der Waals surface area contributed by atoms with Crippen LogP contribution in [0.15, 0.2) is 6.33 Å². The van der Waals surface area contributed by atoms with E-state index in [0.29, 0.717) is 13.2 Å². The molecule has 2 bridgehead atoms. The van der Waals surface area contributed by atoms with E-state index in [2.05, 4.69) is 15.1 Å². The first-order chi connectivity index (χ1) is 9.15. The van der Waals surface area contributed by atoms with Crippen LogP contribution >= 0.6 is 0 Å². The molecule has 0 unspecified atom stereocenters. The van der Waals surface area contributed by atoms with Crippen LogP contribution in [0.25, 0.3) is 0 Å². The van der Waals surface area contributed by atoms with E-state index in [9.17, 15) is 4.79 Å². The molecule has 0 aromatic carbocycles. The van der Waals surface area contributed by atoms with E-state index < -0.39 is 0 Å². The second kappa shape index (κ2) is 4.90. The van der Waals surface area contributed by atoms with Gasteiger partial charge in [-0.2, -0.15) is 0 Å². The summed E-state index contributed by atoms with van der Waals surface area (Å²) >= 11 is 0. The van der Waals surface area contributed by atoms with Crippen molar-refractivity contribution in [2.75, 3.05) is 33.4 Å². The van der Waals surface area contributed by atoms with E-state index in [0.717, 1.165) is 25.5 Å². The topological polar surface area (TPSA) is 63.5 Å². The molecule has 3 rings (SSSR count). The van der Waals surface area contributed by atoms with E-state index >= 15 is 0 Å². The van der Waals surface area contributed by atoms with Crippen LogP contribution in [0.3, 0.4) is 0 Å². The van der Waals surface area contributed by atoms with Crippen molar-refractivity contribution in [3.63, 3.8) is 0 Å². The Morgan fingerprint density at radius 3 is 2.95 bits per heavy atom. The van der Waals surface area contributed by atoms with Crippen LogP contribution in [0.2, 0.25) is 0 Å². The van der Waals surface area contributed by atoms with Crippen LogP contribution in [0, 0.1) is 5.92 Å². The van der Waals surface area contributed by atoms with Gasteiger partial charge in [0.15, 0.2) is 0 Å². The maximum atomic E-state index is 12.2. The van der Waals surface area contributed by atoms with Gasteiger partial charge in [0, 0.05) is 27.2 Å². The lowest BCUT2D eigenvalue weighted by atomic mass is 10.1. The average Bonchev–Trinajstić information content (AvgIpc) is 2.66. The minimum atomic E-state index is -0.0641. The lowest BCUT2D eigenvalue weighted by Gasteiger charge is -2.28. The fourth-order valence-electron chi connectivity index (χ4n) is 2.77. The summed E-state index contributed by atoms with van der Waals surface area (Å²) in [5, 5.41) is 8.01. The number of ether oxygens (including phenoxy) is 1. The molecule has 0 spiro atoms. The number of rotatable bonds is 2. The van der Waals surface area contributed by atoms with E-state index in [4.69, 9.17) is 4.74 Å². The van der Waals surface area contributed by atoms with Crippen molar-refractivity contribution >= 4 is 5.91 Å². The molecule has 2 atom stereocenters. The SMILES string of the molecule is CN1C(=O)[C@H]2COC[C@@H]1CN(Cc1nncn1C)C2. The number of carbonyl (C=O) groups is 1. The van der Waals surface area contributed by atoms with E-state index in [1.165, 1.54) is 0 Å². The molecule has 0 saturated carbocycles. The molecule has 1 amide bonds. The monoisotopic (exact) mass is 265 g/mol. The van der Waals surface area contributed by atoms with Crippen LogP contribution in [0.4, 0.5) is 0 Å². The van der Waals surface area contributed by atoms with E-state index in [-0.39, 0.29) is 17.9 Å². The van der Waals surface area contributed by atoms with Crippen molar-refractivity contribution in [1.29, 1.82) is 0 Å². The highest BCUT2D eigenvalue weighted by atomic mass is 16.5. The number of carbonyl (C=O) groups excluding carboxylic acids is 1. The van der Waals surface area contributed by atoms with Crippen molar-refractivity contribution in [3.05, 3.63) is 12.2 Å². The molecule has 2 fully saturated rings. The largest absolute Gasteiger partial charge is 0.378 e. The molecule has 2 aliphatic rings. The first-order valence-corrected chi connectivity index (χ1v) is 6.55. The van der Waals surface area contributed by atoms with Gasteiger partial charge in [0.2, 0.25) is 5.91 Å². The molecule has 0 radical (unpaired) electrons. The van der Waals surface area contributed by atoms with Gasteiger partial charge < -0.3 is 14.2 Å². The Balaban J connectivity index is 1.78. The van der Waals surface area contributed by atoms with Crippen molar-refractivity contribution in [3.8, 4) is 0 Å². The predicted molar refractivity (Wildman–Crippen MR) is 67.1 cm³/mol. The Labute approximate surface area is 112 Å². The molecule has 0 aliphatic carbocycles. The first kappa shape index (κ1) is 12.6. The minimum absolute atomic E-state index is 0.0641. The second-order valence-corrected chi connectivity index (χ2v) is 5.39. The summed E-state index contributed by atoms with van der Waals surface area (Å²) in [5.74, 6) is 1.06. The summed E-state index contributed by atoms with van der Waals surface area (Å²) < 4.78 is 7.51. The molecule has 0 N–H and O–H groups in total. The number of fused-ring (bicyclic) bond motifs is 3.